The van der Waals surface area contributed by atoms with Crippen LogP contribution >= 0.6 is 0 Å². The van der Waals surface area contributed by atoms with Gasteiger partial charge in [0.25, 0.3) is 0 Å². The molecule has 0 saturated carbocycles. The van der Waals surface area contributed by atoms with Crippen molar-refractivity contribution >= 4 is 5.71 Å². The van der Waals surface area contributed by atoms with Crippen LogP contribution in [0.15, 0.2) is 17.0 Å². The molecule has 1 aliphatic heterocycles. The van der Waals surface area contributed by atoms with Crippen molar-refractivity contribution in [1.82, 2.24) is 0 Å². The summed E-state index contributed by atoms with van der Waals surface area (Å²) in [4.78, 5) is 4.16. The second-order valence-corrected chi connectivity index (χ2v) is 2.13. The van der Waals surface area contributed by atoms with Gasteiger partial charge in [-0.3, -0.25) is 0 Å². The summed E-state index contributed by atoms with van der Waals surface area (Å²) in [6, 6.07) is 0. The van der Waals surface area contributed by atoms with Gasteiger partial charge in [0.2, 0.25) is 5.88 Å². The van der Waals surface area contributed by atoms with Crippen molar-refractivity contribution in [1.29, 1.82) is 0 Å². The van der Waals surface area contributed by atoms with Gasteiger partial charge in [0.15, 0.2) is 0 Å². The van der Waals surface area contributed by atoms with Crippen LogP contribution in [0.2, 0.25) is 0 Å². The van der Waals surface area contributed by atoms with E-state index in [1.165, 1.54) is 0 Å². The number of methoxy groups -OCH3 is 1. The number of ether oxygens (including phenoxy) is 1. The summed E-state index contributed by atoms with van der Waals surface area (Å²) in [7, 11) is 1.65. The average Bonchev–Trinajstić information content (AvgIpc) is 1.88. The van der Waals surface area contributed by atoms with Crippen LogP contribution in [0.1, 0.15) is 19.8 Å². The van der Waals surface area contributed by atoms with E-state index in [1.54, 1.807) is 7.11 Å². The van der Waals surface area contributed by atoms with Crippen molar-refractivity contribution in [2.75, 3.05) is 7.11 Å². The normalized spacial score (nSPS) is 18.4. The minimum Gasteiger partial charge on any atom is -0.481 e. The molecule has 0 amide bonds. The van der Waals surface area contributed by atoms with Gasteiger partial charge in [-0.1, -0.05) is 0 Å². The lowest BCUT2D eigenvalue weighted by atomic mass is 10.2. The molecule has 0 fully saturated rings. The van der Waals surface area contributed by atoms with Gasteiger partial charge >= 0.3 is 0 Å². The van der Waals surface area contributed by atoms with Crippen molar-refractivity contribution < 1.29 is 4.74 Å². The molecule has 2 heteroatoms. The van der Waals surface area contributed by atoms with Gasteiger partial charge in [-0.25, -0.2) is 4.99 Å². The molecule has 2 nitrogen and oxygen atoms in total. The molecule has 0 aromatic rings. The van der Waals surface area contributed by atoms with Crippen LogP contribution in [0.4, 0.5) is 0 Å². The molecule has 0 saturated heterocycles. The maximum atomic E-state index is 4.94. The van der Waals surface area contributed by atoms with Gasteiger partial charge in [-0.2, -0.15) is 0 Å². The first-order chi connectivity index (χ1) is 4.33. The fraction of sp³-hybridized carbons (Fsp3) is 0.571. The monoisotopic (exact) mass is 125 g/mol. The highest BCUT2D eigenvalue weighted by atomic mass is 16.5. The van der Waals surface area contributed by atoms with Gasteiger partial charge in [0.1, 0.15) is 0 Å². The Kier molecular flexibility index (Phi) is 1.88. The van der Waals surface area contributed by atoms with Crippen LogP contribution in [-0.2, 0) is 4.74 Å². The summed E-state index contributed by atoms with van der Waals surface area (Å²) >= 11 is 0. The van der Waals surface area contributed by atoms with Gasteiger partial charge in [-0.05, 0) is 25.8 Å². The van der Waals surface area contributed by atoms with Crippen molar-refractivity contribution in [3.05, 3.63) is 12.0 Å². The fourth-order valence-electron chi connectivity index (χ4n) is 0.823. The quantitative estimate of drug-likeness (QED) is 0.523. The summed E-state index contributed by atoms with van der Waals surface area (Å²) < 4.78 is 4.94. The molecule has 1 heterocycles. The van der Waals surface area contributed by atoms with E-state index in [0.29, 0.717) is 0 Å². The first kappa shape index (κ1) is 6.33. The van der Waals surface area contributed by atoms with E-state index in [4.69, 9.17) is 4.74 Å². The zero-order valence-electron chi connectivity index (χ0n) is 5.85. The Hall–Kier alpha value is -0.790. The molecule has 0 radical (unpaired) electrons. The van der Waals surface area contributed by atoms with Crippen LogP contribution in [0.5, 0.6) is 0 Å². The number of aliphatic imine (C=N–C) groups is 1. The molecule has 0 unspecified atom stereocenters. The first-order valence-electron chi connectivity index (χ1n) is 3.11. The Morgan fingerprint density at radius 1 is 1.67 bits per heavy atom. The van der Waals surface area contributed by atoms with Crippen molar-refractivity contribution in [2.45, 2.75) is 19.8 Å². The highest BCUT2D eigenvalue weighted by Gasteiger charge is 2.00. The number of hydrogen-bond donors (Lipinski definition) is 0. The predicted octanol–water partition coefficient (Wildman–Crippen LogP) is 1.73. The van der Waals surface area contributed by atoms with E-state index < -0.39 is 0 Å². The van der Waals surface area contributed by atoms with Crippen LogP contribution in [0.3, 0.4) is 0 Å². The van der Waals surface area contributed by atoms with Gasteiger partial charge in [0, 0.05) is 5.71 Å². The van der Waals surface area contributed by atoms with Crippen molar-refractivity contribution in [2.24, 2.45) is 4.99 Å². The lowest BCUT2D eigenvalue weighted by molar-refractivity contribution is 0.285. The van der Waals surface area contributed by atoms with Gasteiger partial charge in [0.05, 0.1) is 7.11 Å². The Bertz CT molecular complexity index is 158. The molecule has 50 valence electrons. The molecule has 0 spiro atoms. The topological polar surface area (TPSA) is 21.6 Å². The minimum absolute atomic E-state index is 0.763. The molecule has 0 aromatic heterocycles. The minimum atomic E-state index is 0.763. The second-order valence-electron chi connectivity index (χ2n) is 2.13. The summed E-state index contributed by atoms with van der Waals surface area (Å²) in [5, 5.41) is 0. The predicted molar refractivity (Wildman–Crippen MR) is 37.4 cm³/mol. The number of allylic oxidation sites excluding steroid dienone is 1. The summed E-state index contributed by atoms with van der Waals surface area (Å²) in [5.74, 6) is 0.763. The van der Waals surface area contributed by atoms with E-state index >= 15 is 0 Å². The van der Waals surface area contributed by atoms with E-state index in [2.05, 4.69) is 4.99 Å². The summed E-state index contributed by atoms with van der Waals surface area (Å²) in [6.07, 6.45) is 4.15. The molecule has 9 heavy (non-hydrogen) atoms. The highest BCUT2D eigenvalue weighted by Crippen LogP contribution is 2.09. The molecule has 1 aliphatic rings. The van der Waals surface area contributed by atoms with Gasteiger partial charge in [-0.15, -0.1) is 0 Å². The summed E-state index contributed by atoms with van der Waals surface area (Å²) in [5.41, 5.74) is 1.16. The van der Waals surface area contributed by atoms with Crippen molar-refractivity contribution in [3.63, 3.8) is 0 Å². The van der Waals surface area contributed by atoms with Crippen LogP contribution in [0.25, 0.3) is 0 Å². The summed E-state index contributed by atoms with van der Waals surface area (Å²) in [6.45, 7) is 2.02. The average molecular weight is 125 g/mol. The third-order valence-electron chi connectivity index (χ3n) is 1.34. The molecule has 0 N–H and O–H groups in total. The Morgan fingerprint density at radius 2 is 2.44 bits per heavy atom. The molecule has 0 atom stereocenters. The molecule has 1 rings (SSSR count). The Morgan fingerprint density at radius 3 is 2.89 bits per heavy atom. The first-order valence-corrected chi connectivity index (χ1v) is 3.11. The largest absolute Gasteiger partial charge is 0.481 e. The lowest BCUT2D eigenvalue weighted by Gasteiger charge is -2.06. The number of rotatable bonds is 1. The number of nitrogens with zero attached hydrogens (tertiary/aromatic N) is 1. The third-order valence-corrected chi connectivity index (χ3v) is 1.34. The lowest BCUT2D eigenvalue weighted by Crippen LogP contribution is -1.98. The standard InChI is InChI=1S/C7H11NO/c1-6-4-3-5-7(8-6)9-2/h5H,3-4H2,1-2H3. The van der Waals surface area contributed by atoms with Crippen LogP contribution in [-0.4, -0.2) is 12.8 Å². The smallest absolute Gasteiger partial charge is 0.208 e. The maximum Gasteiger partial charge on any atom is 0.208 e. The maximum absolute atomic E-state index is 4.94. The van der Waals surface area contributed by atoms with E-state index in [-0.39, 0.29) is 0 Å². The highest BCUT2D eigenvalue weighted by molar-refractivity contribution is 5.83. The molecule has 0 aliphatic carbocycles. The Labute approximate surface area is 55.2 Å². The number of hydrogen-bond acceptors (Lipinski definition) is 2. The SMILES string of the molecule is COC1=CCCC(C)=N1. The van der Waals surface area contributed by atoms with E-state index in [0.717, 1.165) is 24.4 Å². The van der Waals surface area contributed by atoms with Crippen LogP contribution in [0, 0.1) is 0 Å². The van der Waals surface area contributed by atoms with Crippen molar-refractivity contribution in [3.8, 4) is 0 Å². The van der Waals surface area contributed by atoms with E-state index in [9.17, 15) is 0 Å². The molecule has 0 aromatic carbocycles. The zero-order chi connectivity index (χ0) is 6.69. The molecular formula is C7H11NO. The third kappa shape index (κ3) is 1.56. The second kappa shape index (κ2) is 2.67. The van der Waals surface area contributed by atoms with E-state index in [1.807, 2.05) is 13.0 Å². The fourth-order valence-corrected chi connectivity index (χ4v) is 0.823. The Balaban J connectivity index is 2.63. The van der Waals surface area contributed by atoms with Gasteiger partial charge < -0.3 is 4.74 Å². The molecule has 0 bridgehead atoms. The zero-order valence-corrected chi connectivity index (χ0v) is 5.85. The van der Waals surface area contributed by atoms with Crippen LogP contribution < -0.4 is 0 Å². The molecular weight excluding hydrogens is 114 g/mol.